The van der Waals surface area contributed by atoms with Crippen LogP contribution in [0.3, 0.4) is 0 Å². The molecule has 2 N–H and O–H groups in total. The van der Waals surface area contributed by atoms with Crippen molar-refractivity contribution in [2.75, 3.05) is 6.54 Å². The van der Waals surface area contributed by atoms with Crippen LogP contribution < -0.4 is 5.73 Å². The average molecular weight is 230 g/mol. The van der Waals surface area contributed by atoms with Crippen molar-refractivity contribution in [2.24, 2.45) is 11.7 Å². The highest BCUT2D eigenvalue weighted by atomic mass is 32.1. The van der Waals surface area contributed by atoms with Crippen molar-refractivity contribution in [1.82, 2.24) is 4.90 Å². The molecule has 0 aromatic heterocycles. The molecule has 1 unspecified atom stereocenters. The minimum Gasteiger partial charge on any atom is -0.393 e. The van der Waals surface area contributed by atoms with Gasteiger partial charge >= 0.3 is 0 Å². The fraction of sp³-hybridized carbons (Fsp3) is 0.818. The van der Waals surface area contributed by atoms with Gasteiger partial charge in [-0.15, -0.1) is 0 Å². The summed E-state index contributed by atoms with van der Waals surface area (Å²) in [6, 6.07) is 0.209. The van der Waals surface area contributed by atoms with Crippen LogP contribution in [0.2, 0.25) is 0 Å². The van der Waals surface area contributed by atoms with Crippen molar-refractivity contribution in [3.8, 4) is 0 Å². The van der Waals surface area contributed by atoms with E-state index in [1.54, 1.807) is 0 Å². The smallest absolute Gasteiger partial charge is 0.225 e. The second-order valence-electron chi connectivity index (χ2n) is 4.15. The van der Waals surface area contributed by atoms with Crippen LogP contribution in [0.15, 0.2) is 0 Å². The number of carbonyl (C=O) groups is 1. The summed E-state index contributed by atoms with van der Waals surface area (Å²) < 4.78 is 0. The maximum Gasteiger partial charge on any atom is 0.225 e. The molecule has 88 valence electrons. The van der Waals surface area contributed by atoms with Gasteiger partial charge in [-0.1, -0.05) is 26.1 Å². The lowest BCUT2D eigenvalue weighted by atomic mass is 10.1. The number of amides is 1. The van der Waals surface area contributed by atoms with Gasteiger partial charge in [0.2, 0.25) is 5.91 Å². The van der Waals surface area contributed by atoms with Crippen molar-refractivity contribution in [2.45, 2.75) is 46.6 Å². The number of thiocarbonyl (C=S) groups is 1. The molecule has 3 nitrogen and oxygen atoms in total. The van der Waals surface area contributed by atoms with E-state index in [9.17, 15) is 4.79 Å². The van der Waals surface area contributed by atoms with Crippen LogP contribution in [0.5, 0.6) is 0 Å². The van der Waals surface area contributed by atoms with E-state index >= 15 is 0 Å². The van der Waals surface area contributed by atoms with Crippen molar-refractivity contribution < 1.29 is 4.79 Å². The van der Waals surface area contributed by atoms with Crippen LogP contribution >= 0.6 is 12.2 Å². The third-order valence-corrected chi connectivity index (χ3v) is 2.74. The molecule has 0 aliphatic heterocycles. The largest absolute Gasteiger partial charge is 0.393 e. The van der Waals surface area contributed by atoms with E-state index in [1.807, 2.05) is 32.6 Å². The van der Waals surface area contributed by atoms with Gasteiger partial charge < -0.3 is 10.6 Å². The fourth-order valence-corrected chi connectivity index (χ4v) is 1.40. The number of hydrogen-bond acceptors (Lipinski definition) is 2. The Morgan fingerprint density at radius 1 is 1.40 bits per heavy atom. The first kappa shape index (κ1) is 14.4. The lowest BCUT2D eigenvalue weighted by molar-refractivity contribution is -0.136. The van der Waals surface area contributed by atoms with Crippen molar-refractivity contribution >= 4 is 23.1 Å². The Balaban J connectivity index is 4.38. The molecule has 0 aliphatic rings. The first-order chi connectivity index (χ1) is 6.90. The zero-order chi connectivity index (χ0) is 12.0. The summed E-state index contributed by atoms with van der Waals surface area (Å²) in [5.41, 5.74) is 5.44. The topological polar surface area (TPSA) is 46.3 Å². The van der Waals surface area contributed by atoms with E-state index in [0.717, 1.165) is 6.42 Å². The van der Waals surface area contributed by atoms with Crippen LogP contribution in [-0.4, -0.2) is 28.4 Å². The number of nitrogens with two attached hydrogens (primary N) is 1. The predicted octanol–water partition coefficient (Wildman–Crippen LogP) is 1.95. The lowest BCUT2D eigenvalue weighted by Gasteiger charge is -2.29. The van der Waals surface area contributed by atoms with Crippen LogP contribution in [0.1, 0.15) is 40.5 Å². The quantitative estimate of drug-likeness (QED) is 0.709. The monoisotopic (exact) mass is 230 g/mol. The molecule has 0 saturated carbocycles. The molecule has 0 saturated heterocycles. The summed E-state index contributed by atoms with van der Waals surface area (Å²) in [7, 11) is 0. The summed E-state index contributed by atoms with van der Waals surface area (Å²) in [6.07, 6.45) is 1.48. The van der Waals surface area contributed by atoms with Crippen LogP contribution in [0, 0.1) is 5.92 Å². The molecule has 0 radical (unpaired) electrons. The Labute approximate surface area is 98.0 Å². The second-order valence-corrected chi connectivity index (χ2v) is 4.68. The van der Waals surface area contributed by atoms with Crippen molar-refractivity contribution in [1.29, 1.82) is 0 Å². The van der Waals surface area contributed by atoms with E-state index < -0.39 is 0 Å². The Morgan fingerprint density at radius 3 is 2.27 bits per heavy atom. The first-order valence-corrected chi connectivity index (χ1v) is 5.89. The number of carbonyl (C=O) groups excluding carboxylic acids is 1. The molecule has 0 bridgehead atoms. The van der Waals surface area contributed by atoms with Gasteiger partial charge in [-0.25, -0.2) is 0 Å². The van der Waals surface area contributed by atoms with E-state index in [1.165, 1.54) is 0 Å². The molecular weight excluding hydrogens is 208 g/mol. The second kappa shape index (κ2) is 6.77. The van der Waals surface area contributed by atoms with Crippen LogP contribution in [0.4, 0.5) is 0 Å². The molecule has 0 rings (SSSR count). The summed E-state index contributed by atoms with van der Waals surface area (Å²) in [5, 5.41) is 0. The Bertz CT molecular complexity index is 229. The SMILES string of the molecule is CCC(C)C(=O)N(CCC(N)=S)C(C)C. The van der Waals surface area contributed by atoms with Gasteiger partial charge in [-0.3, -0.25) is 4.79 Å². The molecule has 0 spiro atoms. The predicted molar refractivity (Wildman–Crippen MR) is 67.7 cm³/mol. The van der Waals surface area contributed by atoms with E-state index in [2.05, 4.69) is 0 Å². The zero-order valence-corrected chi connectivity index (χ0v) is 10.9. The minimum absolute atomic E-state index is 0.0822. The molecule has 1 amide bonds. The molecular formula is C11H22N2OS. The minimum atomic E-state index is 0.0822. The Morgan fingerprint density at radius 2 is 1.93 bits per heavy atom. The number of rotatable bonds is 6. The van der Waals surface area contributed by atoms with E-state index in [-0.39, 0.29) is 17.9 Å². The Hall–Kier alpha value is -0.640. The number of nitrogens with zero attached hydrogens (tertiary/aromatic N) is 1. The van der Waals surface area contributed by atoms with Crippen molar-refractivity contribution in [3.05, 3.63) is 0 Å². The zero-order valence-electron chi connectivity index (χ0n) is 10.1. The summed E-state index contributed by atoms with van der Waals surface area (Å²) in [4.78, 5) is 14.3. The highest BCUT2D eigenvalue weighted by Crippen LogP contribution is 2.10. The van der Waals surface area contributed by atoms with Gasteiger partial charge in [0.05, 0.1) is 4.99 Å². The van der Waals surface area contributed by atoms with Gasteiger partial charge in [-0.2, -0.15) is 0 Å². The lowest BCUT2D eigenvalue weighted by Crippen LogP contribution is -2.41. The van der Waals surface area contributed by atoms with Crippen LogP contribution in [-0.2, 0) is 4.79 Å². The third-order valence-electron chi connectivity index (χ3n) is 2.54. The first-order valence-electron chi connectivity index (χ1n) is 5.48. The average Bonchev–Trinajstić information content (AvgIpc) is 2.15. The van der Waals surface area contributed by atoms with Gasteiger partial charge in [0.25, 0.3) is 0 Å². The standard InChI is InChI=1S/C11H22N2OS/c1-5-9(4)11(14)13(8(2)3)7-6-10(12)15/h8-9H,5-7H2,1-4H3,(H2,12,15). The van der Waals surface area contributed by atoms with Gasteiger partial charge in [0.15, 0.2) is 0 Å². The molecule has 0 heterocycles. The van der Waals surface area contributed by atoms with Crippen molar-refractivity contribution in [3.63, 3.8) is 0 Å². The maximum absolute atomic E-state index is 12.0. The maximum atomic E-state index is 12.0. The molecule has 15 heavy (non-hydrogen) atoms. The van der Waals surface area contributed by atoms with E-state index in [0.29, 0.717) is 18.0 Å². The normalized spacial score (nSPS) is 12.6. The molecule has 4 heteroatoms. The van der Waals surface area contributed by atoms with Crippen LogP contribution in [0.25, 0.3) is 0 Å². The molecule has 0 aliphatic carbocycles. The number of hydrogen-bond donors (Lipinski definition) is 1. The molecule has 0 aromatic carbocycles. The molecule has 1 atom stereocenters. The molecule has 0 aromatic rings. The van der Waals surface area contributed by atoms with Gasteiger partial charge in [-0.05, 0) is 20.3 Å². The fourth-order valence-electron chi connectivity index (χ4n) is 1.31. The highest BCUT2D eigenvalue weighted by molar-refractivity contribution is 7.80. The summed E-state index contributed by atoms with van der Waals surface area (Å²) in [6.45, 7) is 8.64. The Kier molecular flexibility index (Phi) is 6.48. The molecule has 0 fully saturated rings. The van der Waals surface area contributed by atoms with E-state index in [4.69, 9.17) is 18.0 Å². The summed E-state index contributed by atoms with van der Waals surface area (Å²) in [5.74, 6) is 0.280. The highest BCUT2D eigenvalue weighted by Gasteiger charge is 2.21. The third kappa shape index (κ3) is 5.11. The van der Waals surface area contributed by atoms with Gasteiger partial charge in [0.1, 0.15) is 0 Å². The summed E-state index contributed by atoms with van der Waals surface area (Å²) >= 11 is 4.82. The van der Waals surface area contributed by atoms with Gasteiger partial charge in [0, 0.05) is 24.9 Å².